The van der Waals surface area contributed by atoms with Crippen LogP contribution in [0.5, 0.6) is 0 Å². The lowest BCUT2D eigenvalue weighted by atomic mass is 9.90. The molecule has 1 aromatic carbocycles. The van der Waals surface area contributed by atoms with E-state index in [2.05, 4.69) is 4.98 Å². The van der Waals surface area contributed by atoms with E-state index >= 15 is 0 Å². The first-order valence-corrected chi connectivity index (χ1v) is 8.45. The standard InChI is InChI=1S/C16H9F9N2O2S/c17-14(18,19)7-1-6(2-8(3-7)15(20,21)22)11(28)9(4-26)12(29)13-27-5-10(30-13)16(23,24)25/h1-3,5,9,11-12,28-29H. The molecule has 1 aromatic heterocycles. The number of alkyl halides is 9. The van der Waals surface area contributed by atoms with Gasteiger partial charge in [-0.15, -0.1) is 11.3 Å². The second-order valence-electron chi connectivity index (χ2n) is 5.94. The minimum Gasteiger partial charge on any atom is -0.387 e. The Morgan fingerprint density at radius 2 is 1.33 bits per heavy atom. The highest BCUT2D eigenvalue weighted by atomic mass is 32.1. The van der Waals surface area contributed by atoms with Gasteiger partial charge in [0.2, 0.25) is 0 Å². The number of benzene rings is 1. The molecule has 0 spiro atoms. The van der Waals surface area contributed by atoms with E-state index in [-0.39, 0.29) is 29.5 Å². The molecular weight excluding hydrogens is 455 g/mol. The van der Waals surface area contributed by atoms with Gasteiger partial charge in [-0.3, -0.25) is 0 Å². The number of nitrogens with zero attached hydrogens (tertiary/aromatic N) is 2. The van der Waals surface area contributed by atoms with E-state index in [0.717, 1.165) is 0 Å². The number of hydrogen-bond acceptors (Lipinski definition) is 5. The lowest BCUT2D eigenvalue weighted by Crippen LogP contribution is -2.21. The van der Waals surface area contributed by atoms with E-state index < -0.39 is 63.2 Å². The summed E-state index contributed by atoms with van der Waals surface area (Å²) in [5.74, 6) is -2.11. The quantitative estimate of drug-likeness (QED) is 0.617. The maximum atomic E-state index is 12.9. The predicted octanol–water partition coefficient (Wildman–Crippen LogP) is 5.11. The summed E-state index contributed by atoms with van der Waals surface area (Å²) in [6.07, 6.45) is -19.6. The van der Waals surface area contributed by atoms with Gasteiger partial charge in [-0.1, -0.05) is 0 Å². The van der Waals surface area contributed by atoms with Crippen molar-refractivity contribution in [3.8, 4) is 6.07 Å². The van der Waals surface area contributed by atoms with E-state index in [1.165, 1.54) is 6.07 Å². The topological polar surface area (TPSA) is 77.1 Å². The van der Waals surface area contributed by atoms with Crippen LogP contribution in [0, 0.1) is 17.2 Å². The third-order valence-electron chi connectivity index (χ3n) is 3.84. The van der Waals surface area contributed by atoms with Gasteiger partial charge in [0.25, 0.3) is 0 Å². The summed E-state index contributed by atoms with van der Waals surface area (Å²) in [4.78, 5) is 2.00. The Hall–Kier alpha value is -2.37. The van der Waals surface area contributed by atoms with Gasteiger partial charge < -0.3 is 10.2 Å². The Morgan fingerprint density at radius 3 is 1.70 bits per heavy atom. The largest absolute Gasteiger partial charge is 0.427 e. The third-order valence-corrected chi connectivity index (χ3v) is 4.95. The maximum absolute atomic E-state index is 12.9. The normalized spacial score (nSPS) is 16.1. The van der Waals surface area contributed by atoms with Gasteiger partial charge in [-0.25, -0.2) is 4.98 Å². The van der Waals surface area contributed by atoms with Gasteiger partial charge in [-0.05, 0) is 23.8 Å². The molecule has 0 amide bonds. The number of aromatic nitrogens is 1. The molecule has 3 unspecified atom stereocenters. The fraction of sp³-hybridized carbons (Fsp3) is 0.375. The fourth-order valence-electron chi connectivity index (χ4n) is 2.38. The Kier molecular flexibility index (Phi) is 6.41. The van der Waals surface area contributed by atoms with Crippen molar-refractivity contribution in [2.75, 3.05) is 0 Å². The third kappa shape index (κ3) is 5.21. The van der Waals surface area contributed by atoms with Gasteiger partial charge in [0.1, 0.15) is 21.9 Å². The molecule has 2 aromatic rings. The average molecular weight is 464 g/mol. The van der Waals surface area contributed by atoms with E-state index in [1.54, 1.807) is 0 Å². The highest BCUT2D eigenvalue weighted by Gasteiger charge is 2.40. The molecule has 0 aliphatic heterocycles. The van der Waals surface area contributed by atoms with Crippen LogP contribution in [0.3, 0.4) is 0 Å². The van der Waals surface area contributed by atoms with Gasteiger partial charge in [0, 0.05) is 0 Å². The smallest absolute Gasteiger partial charge is 0.387 e. The molecule has 0 saturated carbocycles. The second-order valence-corrected chi connectivity index (χ2v) is 7.01. The summed E-state index contributed by atoms with van der Waals surface area (Å²) < 4.78 is 116. The summed E-state index contributed by atoms with van der Waals surface area (Å²) in [5, 5.41) is 28.8. The molecule has 164 valence electrons. The van der Waals surface area contributed by atoms with E-state index in [0.29, 0.717) is 6.20 Å². The van der Waals surface area contributed by atoms with Gasteiger partial charge >= 0.3 is 18.5 Å². The van der Waals surface area contributed by atoms with Crippen LogP contribution in [-0.4, -0.2) is 15.2 Å². The van der Waals surface area contributed by atoms with E-state index in [1.807, 2.05) is 0 Å². The SMILES string of the molecule is N#CC(C(O)c1cc(C(F)(F)F)cc(C(F)(F)F)c1)C(O)c1ncc(C(F)(F)F)s1. The van der Waals surface area contributed by atoms with Crippen molar-refractivity contribution in [1.82, 2.24) is 4.98 Å². The molecule has 0 aliphatic carbocycles. The first-order valence-electron chi connectivity index (χ1n) is 7.63. The first-order chi connectivity index (χ1) is 13.6. The number of aliphatic hydroxyl groups is 2. The van der Waals surface area contributed by atoms with Crippen molar-refractivity contribution in [2.45, 2.75) is 30.7 Å². The molecule has 0 bridgehead atoms. The van der Waals surface area contributed by atoms with Crippen LogP contribution >= 0.6 is 11.3 Å². The molecule has 0 fully saturated rings. The minimum atomic E-state index is -5.23. The molecular formula is C16H9F9N2O2S. The zero-order chi connectivity index (χ0) is 23.1. The van der Waals surface area contributed by atoms with Crippen molar-refractivity contribution in [2.24, 2.45) is 5.92 Å². The average Bonchev–Trinajstić information content (AvgIpc) is 3.10. The van der Waals surface area contributed by atoms with Crippen molar-refractivity contribution in [3.63, 3.8) is 0 Å². The van der Waals surface area contributed by atoms with Crippen LogP contribution in [0.15, 0.2) is 24.4 Å². The van der Waals surface area contributed by atoms with Crippen molar-refractivity contribution in [3.05, 3.63) is 51.0 Å². The monoisotopic (exact) mass is 464 g/mol. The van der Waals surface area contributed by atoms with Crippen LogP contribution in [0.2, 0.25) is 0 Å². The summed E-state index contributed by atoms with van der Waals surface area (Å²) >= 11 is -0.0893. The summed E-state index contributed by atoms with van der Waals surface area (Å²) in [6.45, 7) is 0. The molecule has 2 N–H and O–H groups in total. The fourth-order valence-corrected chi connectivity index (χ4v) is 3.20. The van der Waals surface area contributed by atoms with Crippen molar-refractivity contribution in [1.29, 1.82) is 5.26 Å². The van der Waals surface area contributed by atoms with Crippen molar-refractivity contribution < 1.29 is 49.7 Å². The van der Waals surface area contributed by atoms with Crippen molar-refractivity contribution >= 4 is 11.3 Å². The highest BCUT2D eigenvalue weighted by molar-refractivity contribution is 7.11. The van der Waals surface area contributed by atoms with E-state index in [4.69, 9.17) is 5.26 Å². The van der Waals surface area contributed by atoms with Crippen LogP contribution in [-0.2, 0) is 18.5 Å². The molecule has 3 atom stereocenters. The van der Waals surface area contributed by atoms with Gasteiger partial charge in [0.15, 0.2) is 0 Å². The number of rotatable bonds is 4. The Labute approximate surface area is 165 Å². The van der Waals surface area contributed by atoms with Gasteiger partial charge in [-0.2, -0.15) is 44.8 Å². The molecule has 14 heteroatoms. The Bertz CT molecular complexity index is 912. The minimum absolute atomic E-state index is 0.0893. The molecule has 0 aliphatic rings. The Morgan fingerprint density at radius 1 is 0.833 bits per heavy atom. The molecule has 0 radical (unpaired) electrons. The predicted molar refractivity (Wildman–Crippen MR) is 82.6 cm³/mol. The molecule has 1 heterocycles. The lowest BCUT2D eigenvalue weighted by Gasteiger charge is -2.23. The Balaban J connectivity index is 2.47. The highest BCUT2D eigenvalue weighted by Crippen LogP contribution is 2.42. The molecule has 2 rings (SSSR count). The second kappa shape index (κ2) is 8.05. The molecule has 4 nitrogen and oxygen atoms in total. The van der Waals surface area contributed by atoms with Crippen LogP contribution in [0.4, 0.5) is 39.5 Å². The zero-order valence-corrected chi connectivity index (χ0v) is 15.0. The number of nitriles is 1. The number of aliphatic hydroxyl groups excluding tert-OH is 2. The lowest BCUT2D eigenvalue weighted by molar-refractivity contribution is -0.143. The number of thiazole rings is 1. The van der Waals surface area contributed by atoms with Crippen LogP contribution in [0.1, 0.15) is 38.8 Å². The van der Waals surface area contributed by atoms with Crippen LogP contribution < -0.4 is 0 Å². The zero-order valence-electron chi connectivity index (χ0n) is 14.1. The molecule has 0 saturated heterocycles. The first kappa shape index (κ1) is 23.9. The van der Waals surface area contributed by atoms with Gasteiger partial charge in [0.05, 0.1) is 29.5 Å². The summed E-state index contributed by atoms with van der Waals surface area (Å²) in [7, 11) is 0. The number of hydrogen-bond donors (Lipinski definition) is 2. The maximum Gasteiger partial charge on any atom is 0.427 e. The number of halogens is 9. The summed E-state index contributed by atoms with van der Waals surface area (Å²) in [6, 6.07) is 1.39. The summed E-state index contributed by atoms with van der Waals surface area (Å²) in [5.41, 5.74) is -4.55. The van der Waals surface area contributed by atoms with E-state index in [9.17, 15) is 49.7 Å². The van der Waals surface area contributed by atoms with Crippen LogP contribution in [0.25, 0.3) is 0 Å². The molecule has 30 heavy (non-hydrogen) atoms.